The van der Waals surface area contributed by atoms with E-state index in [2.05, 4.69) is 10.2 Å². The second-order valence-electron chi connectivity index (χ2n) is 6.72. The van der Waals surface area contributed by atoms with Crippen LogP contribution in [0, 0.1) is 6.92 Å². The van der Waals surface area contributed by atoms with Crippen LogP contribution in [0.3, 0.4) is 0 Å². The fourth-order valence-electron chi connectivity index (χ4n) is 3.34. The molecule has 28 heavy (non-hydrogen) atoms. The molecule has 0 atom stereocenters. The fourth-order valence-corrected chi connectivity index (χ4v) is 3.34. The summed E-state index contributed by atoms with van der Waals surface area (Å²) in [4.78, 5) is 4.82. The molecule has 0 N–H and O–H groups in total. The molecule has 2 aromatic heterocycles. The lowest BCUT2D eigenvalue weighted by Gasteiger charge is -2.07. The number of rotatable bonds is 3. The minimum atomic E-state index is 0.493. The largest absolute Gasteiger partial charge is 0.416 e. The van der Waals surface area contributed by atoms with E-state index >= 15 is 0 Å². The van der Waals surface area contributed by atoms with Crippen molar-refractivity contribution in [2.75, 3.05) is 0 Å². The average molecular weight is 363 g/mol. The van der Waals surface area contributed by atoms with Gasteiger partial charge in [0.15, 0.2) is 0 Å². The number of hydrogen-bond acceptors (Lipinski definition) is 4. The second kappa shape index (κ2) is 6.74. The van der Waals surface area contributed by atoms with Crippen LogP contribution in [0.15, 0.2) is 89.3 Å². The van der Waals surface area contributed by atoms with Gasteiger partial charge in [0, 0.05) is 16.5 Å². The van der Waals surface area contributed by atoms with Crippen LogP contribution < -0.4 is 0 Å². The zero-order chi connectivity index (χ0) is 18.9. The van der Waals surface area contributed by atoms with Gasteiger partial charge in [-0.2, -0.15) is 0 Å². The molecular formula is C24H17N3O. The predicted octanol–water partition coefficient (Wildman–Crippen LogP) is 5.93. The van der Waals surface area contributed by atoms with Crippen molar-refractivity contribution in [2.45, 2.75) is 6.92 Å². The Bertz CT molecular complexity index is 1280. The van der Waals surface area contributed by atoms with Crippen molar-refractivity contribution < 1.29 is 4.42 Å². The summed E-state index contributed by atoms with van der Waals surface area (Å²) in [6, 6.07) is 28.2. The summed E-state index contributed by atoms with van der Waals surface area (Å²) in [5.41, 5.74) is 5.78. The Morgan fingerprint density at radius 3 is 2.29 bits per heavy atom. The summed E-state index contributed by atoms with van der Waals surface area (Å²) in [6.45, 7) is 2.04. The van der Waals surface area contributed by atoms with Gasteiger partial charge in [-0.1, -0.05) is 66.2 Å². The van der Waals surface area contributed by atoms with Gasteiger partial charge in [0.25, 0.3) is 0 Å². The third kappa shape index (κ3) is 2.95. The Hall–Kier alpha value is -3.79. The van der Waals surface area contributed by atoms with Crippen molar-refractivity contribution >= 4 is 10.9 Å². The van der Waals surface area contributed by atoms with E-state index in [1.807, 2.05) is 91.9 Å². The Balaban J connectivity index is 1.68. The average Bonchev–Trinajstić information content (AvgIpc) is 3.24. The Labute approximate surface area is 162 Å². The lowest BCUT2D eigenvalue weighted by molar-refractivity contribution is 0.585. The first kappa shape index (κ1) is 16.4. The molecule has 4 nitrogen and oxygen atoms in total. The molecule has 0 aliphatic carbocycles. The van der Waals surface area contributed by atoms with Gasteiger partial charge in [0.05, 0.1) is 16.8 Å². The lowest BCUT2D eigenvalue weighted by Crippen LogP contribution is -1.89. The summed E-state index contributed by atoms with van der Waals surface area (Å²) < 4.78 is 6.06. The van der Waals surface area contributed by atoms with E-state index in [0.717, 1.165) is 38.9 Å². The van der Waals surface area contributed by atoms with Crippen LogP contribution >= 0.6 is 0 Å². The predicted molar refractivity (Wildman–Crippen MR) is 111 cm³/mol. The van der Waals surface area contributed by atoms with Gasteiger partial charge in [0.1, 0.15) is 0 Å². The summed E-state index contributed by atoms with van der Waals surface area (Å²) in [5, 5.41) is 9.60. The smallest absolute Gasteiger partial charge is 0.248 e. The molecule has 3 aromatic carbocycles. The standard InChI is InChI=1S/C24H17N3O/c1-16-8-7-11-18(14-16)23-26-27-24(28-23)20-15-22(17-9-3-2-4-10-17)25-21-13-6-5-12-19(20)21/h2-15H,1H3. The second-order valence-corrected chi connectivity index (χ2v) is 6.72. The lowest BCUT2D eigenvalue weighted by atomic mass is 10.0. The maximum atomic E-state index is 6.06. The molecule has 5 aromatic rings. The molecule has 0 saturated heterocycles. The number of nitrogens with zero attached hydrogens (tertiary/aromatic N) is 3. The van der Waals surface area contributed by atoms with Gasteiger partial charge in [-0.05, 0) is 31.2 Å². The third-order valence-electron chi connectivity index (χ3n) is 4.71. The van der Waals surface area contributed by atoms with E-state index in [-0.39, 0.29) is 0 Å². The highest BCUT2D eigenvalue weighted by Crippen LogP contribution is 2.32. The first-order valence-electron chi connectivity index (χ1n) is 9.14. The normalized spacial score (nSPS) is 11.0. The first-order chi connectivity index (χ1) is 13.8. The number of fused-ring (bicyclic) bond motifs is 1. The molecule has 5 rings (SSSR count). The number of pyridine rings is 1. The molecule has 0 fully saturated rings. The molecule has 0 unspecified atom stereocenters. The third-order valence-corrected chi connectivity index (χ3v) is 4.71. The van der Waals surface area contributed by atoms with E-state index in [1.54, 1.807) is 0 Å². The summed E-state index contributed by atoms with van der Waals surface area (Å²) >= 11 is 0. The van der Waals surface area contributed by atoms with Gasteiger partial charge in [0.2, 0.25) is 11.8 Å². The van der Waals surface area contributed by atoms with Crippen LogP contribution in [0.2, 0.25) is 0 Å². The van der Waals surface area contributed by atoms with E-state index in [4.69, 9.17) is 9.40 Å². The molecule has 0 bridgehead atoms. The molecule has 0 saturated carbocycles. The Morgan fingerprint density at radius 1 is 0.679 bits per heavy atom. The SMILES string of the molecule is Cc1cccc(-c2nnc(-c3cc(-c4ccccc4)nc4ccccc34)o2)c1. The number of aromatic nitrogens is 3. The maximum absolute atomic E-state index is 6.06. The van der Waals surface area contributed by atoms with Crippen molar-refractivity contribution in [3.8, 4) is 34.2 Å². The van der Waals surface area contributed by atoms with Crippen molar-refractivity contribution in [3.05, 3.63) is 90.5 Å². The van der Waals surface area contributed by atoms with Gasteiger partial charge in [-0.3, -0.25) is 0 Å². The molecule has 0 spiro atoms. The molecule has 134 valence electrons. The van der Waals surface area contributed by atoms with Gasteiger partial charge >= 0.3 is 0 Å². The zero-order valence-corrected chi connectivity index (χ0v) is 15.3. The van der Waals surface area contributed by atoms with Crippen molar-refractivity contribution in [1.29, 1.82) is 0 Å². The topological polar surface area (TPSA) is 51.8 Å². The molecule has 0 aliphatic rings. The number of para-hydroxylation sites is 1. The van der Waals surface area contributed by atoms with Gasteiger partial charge in [-0.15, -0.1) is 10.2 Å². The molecule has 2 heterocycles. The fraction of sp³-hybridized carbons (Fsp3) is 0.0417. The monoisotopic (exact) mass is 363 g/mol. The van der Waals surface area contributed by atoms with Crippen molar-refractivity contribution in [2.24, 2.45) is 0 Å². The van der Waals surface area contributed by atoms with Crippen LogP contribution in [-0.4, -0.2) is 15.2 Å². The Kier molecular flexibility index (Phi) is 3.95. The van der Waals surface area contributed by atoms with E-state index in [0.29, 0.717) is 11.8 Å². The highest BCUT2D eigenvalue weighted by atomic mass is 16.4. The zero-order valence-electron chi connectivity index (χ0n) is 15.3. The quantitative estimate of drug-likeness (QED) is 0.399. The van der Waals surface area contributed by atoms with Crippen LogP contribution in [0.25, 0.3) is 45.1 Å². The maximum Gasteiger partial charge on any atom is 0.248 e. The van der Waals surface area contributed by atoms with Crippen LogP contribution in [0.1, 0.15) is 5.56 Å². The number of benzene rings is 3. The van der Waals surface area contributed by atoms with E-state index in [1.165, 1.54) is 0 Å². The first-order valence-corrected chi connectivity index (χ1v) is 9.14. The summed E-state index contributed by atoms with van der Waals surface area (Å²) in [7, 11) is 0. The minimum Gasteiger partial charge on any atom is -0.416 e. The van der Waals surface area contributed by atoms with Gasteiger partial charge < -0.3 is 4.42 Å². The van der Waals surface area contributed by atoms with Crippen LogP contribution in [0.5, 0.6) is 0 Å². The molecular weight excluding hydrogens is 346 g/mol. The molecule has 4 heteroatoms. The molecule has 0 amide bonds. The molecule has 0 radical (unpaired) electrons. The number of hydrogen-bond donors (Lipinski definition) is 0. The highest BCUT2D eigenvalue weighted by molar-refractivity contribution is 5.94. The van der Waals surface area contributed by atoms with Gasteiger partial charge in [-0.25, -0.2) is 4.98 Å². The number of aryl methyl sites for hydroxylation is 1. The van der Waals surface area contributed by atoms with Crippen LogP contribution in [0.4, 0.5) is 0 Å². The minimum absolute atomic E-state index is 0.493. The summed E-state index contributed by atoms with van der Waals surface area (Å²) in [5.74, 6) is 1.01. The van der Waals surface area contributed by atoms with Crippen molar-refractivity contribution in [3.63, 3.8) is 0 Å². The van der Waals surface area contributed by atoms with E-state index < -0.39 is 0 Å². The van der Waals surface area contributed by atoms with Crippen LogP contribution in [-0.2, 0) is 0 Å². The van der Waals surface area contributed by atoms with Crippen molar-refractivity contribution in [1.82, 2.24) is 15.2 Å². The van der Waals surface area contributed by atoms with E-state index in [9.17, 15) is 0 Å². The Morgan fingerprint density at radius 2 is 1.43 bits per heavy atom. The molecule has 0 aliphatic heterocycles. The summed E-state index contributed by atoms with van der Waals surface area (Å²) in [6.07, 6.45) is 0. The highest BCUT2D eigenvalue weighted by Gasteiger charge is 2.15.